The molecule has 1 saturated heterocycles. The largest absolute Gasteiger partial charge is 0.460 e. The Morgan fingerprint density at radius 3 is 2.29 bits per heavy atom. The molecule has 1 aliphatic rings. The van der Waals surface area contributed by atoms with E-state index in [1.54, 1.807) is 9.58 Å². The summed E-state index contributed by atoms with van der Waals surface area (Å²) in [5.74, 6) is -0.778. The fourth-order valence-corrected chi connectivity index (χ4v) is 4.39. The lowest BCUT2D eigenvalue weighted by Crippen LogP contribution is -2.28. The Hall–Kier alpha value is -4.19. The van der Waals surface area contributed by atoms with Crippen LogP contribution >= 0.6 is 0 Å². The van der Waals surface area contributed by atoms with Crippen molar-refractivity contribution >= 4 is 11.9 Å². The number of carbonyl (C=O) groups is 2. The van der Waals surface area contributed by atoms with Gasteiger partial charge in [0, 0.05) is 36.8 Å². The van der Waals surface area contributed by atoms with Gasteiger partial charge in [0.2, 0.25) is 5.91 Å². The highest BCUT2D eigenvalue weighted by Crippen LogP contribution is 2.26. The van der Waals surface area contributed by atoms with Crippen LogP contribution < -0.4 is 0 Å². The van der Waals surface area contributed by atoms with Crippen LogP contribution in [-0.4, -0.2) is 39.6 Å². The molecule has 1 atom stereocenters. The molecule has 0 N–H and O–H groups in total. The molecule has 1 aliphatic heterocycles. The predicted molar refractivity (Wildman–Crippen MR) is 134 cm³/mol. The fourth-order valence-electron chi connectivity index (χ4n) is 4.39. The van der Waals surface area contributed by atoms with Gasteiger partial charge < -0.3 is 9.64 Å². The highest BCUT2D eigenvalue weighted by atomic mass is 16.5. The average Bonchev–Trinajstić information content (AvgIpc) is 3.51. The zero-order valence-corrected chi connectivity index (χ0v) is 19.4. The van der Waals surface area contributed by atoms with Gasteiger partial charge in [-0.15, -0.1) is 0 Å². The second kappa shape index (κ2) is 10.4. The van der Waals surface area contributed by atoms with E-state index in [9.17, 15) is 9.59 Å². The molecule has 0 bridgehead atoms. The number of hydrogen-bond donors (Lipinski definition) is 0. The summed E-state index contributed by atoms with van der Waals surface area (Å²) in [5, 5.41) is 4.77. The second-order valence-corrected chi connectivity index (χ2v) is 8.73. The summed E-state index contributed by atoms with van der Waals surface area (Å²) in [4.78, 5) is 27.1. The van der Waals surface area contributed by atoms with E-state index >= 15 is 0 Å². The van der Waals surface area contributed by atoms with Gasteiger partial charge >= 0.3 is 5.97 Å². The molecule has 1 aromatic heterocycles. The fraction of sp³-hybridized carbons (Fsp3) is 0.207. The lowest BCUT2D eigenvalue weighted by atomic mass is 10.1. The summed E-state index contributed by atoms with van der Waals surface area (Å²) in [5.41, 5.74) is 4.65. The molecule has 6 nitrogen and oxygen atoms in total. The average molecular weight is 466 g/mol. The van der Waals surface area contributed by atoms with Gasteiger partial charge in [-0.1, -0.05) is 78.9 Å². The van der Waals surface area contributed by atoms with Crippen LogP contribution in [0, 0.1) is 5.92 Å². The SMILES string of the molecule is O=C(OCc1cn(-c2ccccc2)nc1-c1ccccc1)[C@@H]1CC(=O)N(CCc2ccccc2)C1. The Labute approximate surface area is 204 Å². The van der Waals surface area contributed by atoms with Gasteiger partial charge in [0.15, 0.2) is 0 Å². The Kier molecular flexibility index (Phi) is 6.70. The first-order valence-electron chi connectivity index (χ1n) is 11.8. The van der Waals surface area contributed by atoms with Gasteiger partial charge in [-0.3, -0.25) is 9.59 Å². The van der Waals surface area contributed by atoms with Crippen LogP contribution in [0.25, 0.3) is 16.9 Å². The van der Waals surface area contributed by atoms with Crippen LogP contribution in [0.15, 0.2) is 97.2 Å². The lowest BCUT2D eigenvalue weighted by molar-refractivity contribution is -0.149. The normalized spacial score (nSPS) is 15.4. The predicted octanol–water partition coefficient (Wildman–Crippen LogP) is 4.67. The van der Waals surface area contributed by atoms with E-state index in [-0.39, 0.29) is 24.9 Å². The van der Waals surface area contributed by atoms with Crippen LogP contribution in [0.5, 0.6) is 0 Å². The van der Waals surface area contributed by atoms with E-state index in [0.29, 0.717) is 13.1 Å². The smallest absolute Gasteiger partial charge is 0.311 e. The number of aromatic nitrogens is 2. The number of rotatable bonds is 8. The first-order valence-corrected chi connectivity index (χ1v) is 11.8. The number of benzene rings is 3. The molecule has 1 fully saturated rings. The van der Waals surface area contributed by atoms with Crippen LogP contribution in [0.4, 0.5) is 0 Å². The number of para-hydroxylation sites is 1. The third-order valence-corrected chi connectivity index (χ3v) is 6.29. The van der Waals surface area contributed by atoms with Gasteiger partial charge in [-0.2, -0.15) is 5.10 Å². The molecule has 0 unspecified atom stereocenters. The summed E-state index contributed by atoms with van der Waals surface area (Å²) in [6, 6.07) is 29.7. The van der Waals surface area contributed by atoms with Crippen LogP contribution in [-0.2, 0) is 27.4 Å². The van der Waals surface area contributed by atoms with Crippen molar-refractivity contribution in [2.75, 3.05) is 13.1 Å². The molecule has 6 heteroatoms. The molecule has 4 aromatic rings. The summed E-state index contributed by atoms with van der Waals surface area (Å²) in [6.07, 6.45) is 2.87. The molecule has 1 amide bonds. The molecule has 0 spiro atoms. The van der Waals surface area contributed by atoms with Gasteiger partial charge in [0.1, 0.15) is 6.61 Å². The zero-order valence-electron chi connectivity index (χ0n) is 19.4. The van der Waals surface area contributed by atoms with Gasteiger partial charge in [0.25, 0.3) is 0 Å². The number of likely N-dealkylation sites (tertiary alicyclic amines) is 1. The summed E-state index contributed by atoms with van der Waals surface area (Å²) in [6.45, 7) is 1.11. The Morgan fingerprint density at radius 2 is 1.57 bits per heavy atom. The Balaban J connectivity index is 1.25. The number of hydrogen-bond acceptors (Lipinski definition) is 4. The van der Waals surface area contributed by atoms with E-state index in [0.717, 1.165) is 28.9 Å². The molecule has 176 valence electrons. The van der Waals surface area contributed by atoms with Crippen LogP contribution in [0.1, 0.15) is 17.5 Å². The molecular formula is C29H27N3O3. The first-order chi connectivity index (χ1) is 17.2. The molecule has 5 rings (SSSR count). The number of carbonyl (C=O) groups excluding carboxylic acids is 2. The molecule has 0 saturated carbocycles. The van der Waals surface area contributed by atoms with E-state index < -0.39 is 5.92 Å². The van der Waals surface area contributed by atoms with Crippen LogP contribution in [0.3, 0.4) is 0 Å². The van der Waals surface area contributed by atoms with Crippen molar-refractivity contribution in [2.45, 2.75) is 19.4 Å². The van der Waals surface area contributed by atoms with E-state index in [1.165, 1.54) is 5.56 Å². The van der Waals surface area contributed by atoms with Gasteiger partial charge in [0.05, 0.1) is 17.3 Å². The summed E-state index contributed by atoms with van der Waals surface area (Å²) in [7, 11) is 0. The minimum Gasteiger partial charge on any atom is -0.460 e. The standard InChI is InChI=1S/C29H27N3O3/c33-27-18-24(19-31(27)17-16-22-10-4-1-5-11-22)29(34)35-21-25-20-32(26-14-8-3-9-15-26)30-28(25)23-12-6-2-7-13-23/h1-15,20,24H,16-19,21H2/t24-/m1/s1. The Bertz CT molecular complexity index is 1290. The quantitative estimate of drug-likeness (QED) is 0.355. The van der Waals surface area contributed by atoms with Gasteiger partial charge in [-0.05, 0) is 24.1 Å². The zero-order chi connectivity index (χ0) is 24.0. The number of nitrogens with zero attached hydrogens (tertiary/aromatic N) is 3. The first kappa shape index (κ1) is 22.6. The van der Waals surface area contributed by atoms with Crippen molar-refractivity contribution in [1.82, 2.24) is 14.7 Å². The van der Waals surface area contributed by atoms with Crippen molar-refractivity contribution < 1.29 is 14.3 Å². The van der Waals surface area contributed by atoms with Crippen molar-refractivity contribution in [3.63, 3.8) is 0 Å². The maximum absolute atomic E-state index is 12.9. The molecule has 3 aromatic carbocycles. The maximum atomic E-state index is 12.9. The van der Waals surface area contributed by atoms with Crippen LogP contribution in [0.2, 0.25) is 0 Å². The van der Waals surface area contributed by atoms with Crippen molar-refractivity contribution in [3.8, 4) is 16.9 Å². The van der Waals surface area contributed by atoms with Gasteiger partial charge in [-0.25, -0.2) is 4.68 Å². The molecule has 2 heterocycles. The monoisotopic (exact) mass is 465 g/mol. The van der Waals surface area contributed by atoms with Crippen molar-refractivity contribution in [2.24, 2.45) is 5.92 Å². The molecule has 0 aliphatic carbocycles. The third kappa shape index (κ3) is 5.32. The summed E-state index contributed by atoms with van der Waals surface area (Å²) >= 11 is 0. The molecular weight excluding hydrogens is 438 g/mol. The number of ether oxygens (including phenoxy) is 1. The van der Waals surface area contributed by atoms with E-state index in [1.807, 2.05) is 97.2 Å². The van der Waals surface area contributed by atoms with Crippen molar-refractivity contribution in [1.29, 1.82) is 0 Å². The second-order valence-electron chi connectivity index (χ2n) is 8.73. The number of amides is 1. The topological polar surface area (TPSA) is 64.4 Å². The molecule has 35 heavy (non-hydrogen) atoms. The van der Waals surface area contributed by atoms with E-state index in [2.05, 4.69) is 0 Å². The summed E-state index contributed by atoms with van der Waals surface area (Å²) < 4.78 is 7.51. The van der Waals surface area contributed by atoms with Crippen molar-refractivity contribution in [3.05, 3.63) is 108 Å². The van der Waals surface area contributed by atoms with E-state index in [4.69, 9.17) is 9.84 Å². The maximum Gasteiger partial charge on any atom is 0.311 e. The minimum absolute atomic E-state index is 0.00440. The number of esters is 1. The highest BCUT2D eigenvalue weighted by molar-refractivity contribution is 5.86. The third-order valence-electron chi connectivity index (χ3n) is 6.29. The molecule has 0 radical (unpaired) electrons. The highest BCUT2D eigenvalue weighted by Gasteiger charge is 2.35. The Morgan fingerprint density at radius 1 is 0.914 bits per heavy atom. The minimum atomic E-state index is -0.442. The lowest BCUT2D eigenvalue weighted by Gasteiger charge is -2.16.